The Morgan fingerprint density at radius 3 is 0.400 bits per heavy atom. The fourth-order valence-electron chi connectivity index (χ4n) is 0. The van der Waals surface area contributed by atoms with Crippen LogP contribution in [0.2, 0.25) is 0 Å². The normalized spacial score (nSPS) is 0. The van der Waals surface area contributed by atoms with Gasteiger partial charge in [-0.05, 0) is 0 Å². The van der Waals surface area contributed by atoms with Gasteiger partial charge in [-0.3, -0.25) is 0 Å². The van der Waals surface area contributed by atoms with Crippen molar-refractivity contribution < 1.29 is 0 Å². The van der Waals surface area contributed by atoms with Crippen LogP contribution in [-0.4, -0.2) is 81.6 Å². The van der Waals surface area contributed by atoms with Gasteiger partial charge in [0.15, 0.2) is 0 Å². The van der Waals surface area contributed by atoms with Gasteiger partial charge in [-0.25, -0.2) is 0 Å². The molecular formula is CaSi4. The Labute approximate surface area is 80.6 Å². The zero-order valence-electron chi connectivity index (χ0n) is 2.71. The van der Waals surface area contributed by atoms with Crippen LogP contribution in [0, 0.1) is 0 Å². The molecule has 0 aliphatic carbocycles. The van der Waals surface area contributed by atoms with Crippen LogP contribution in [0.3, 0.4) is 0 Å². The minimum atomic E-state index is 0. The summed E-state index contributed by atoms with van der Waals surface area (Å²) in [5.74, 6) is 0. The molecule has 18 valence electrons. The van der Waals surface area contributed by atoms with E-state index in [-0.39, 0.29) is 81.6 Å². The van der Waals surface area contributed by atoms with Crippen molar-refractivity contribution in [2.24, 2.45) is 0 Å². The van der Waals surface area contributed by atoms with Gasteiger partial charge in [0.1, 0.15) is 0 Å². The Balaban J connectivity index is 0. The average Bonchev–Trinajstić information content (AvgIpc) is 0. The molecule has 0 rings (SSSR count). The number of hydrogen-bond donors (Lipinski definition) is 0. The van der Waals surface area contributed by atoms with Crippen LogP contribution < -0.4 is 0 Å². The molecule has 0 N–H and O–H groups in total. The molecule has 0 aromatic carbocycles. The molecule has 0 aromatic rings. The summed E-state index contributed by atoms with van der Waals surface area (Å²) in [7, 11) is 0. The van der Waals surface area contributed by atoms with Crippen molar-refractivity contribution in [3.05, 3.63) is 0 Å². The monoisotopic (exact) mass is 152 g/mol. The fourth-order valence-corrected chi connectivity index (χ4v) is 0. The van der Waals surface area contributed by atoms with Gasteiger partial charge in [0.2, 0.25) is 0 Å². The van der Waals surface area contributed by atoms with E-state index in [4.69, 9.17) is 0 Å². The molecule has 0 fully saturated rings. The molecule has 0 saturated heterocycles. The van der Waals surface area contributed by atoms with Crippen LogP contribution in [-0.2, 0) is 0 Å². The van der Waals surface area contributed by atoms with E-state index in [2.05, 4.69) is 0 Å². The van der Waals surface area contributed by atoms with Gasteiger partial charge in [-0.15, -0.1) is 0 Å². The molecule has 18 radical (unpaired) electrons. The fraction of sp³-hybridized carbons (Fsp3) is 0. The van der Waals surface area contributed by atoms with Crippen molar-refractivity contribution in [3.8, 4) is 0 Å². The number of hydrogen-bond acceptors (Lipinski definition) is 0. The SMILES string of the molecule is [Ca].[Si].[Si].[Si].[Si]. The van der Waals surface area contributed by atoms with Crippen molar-refractivity contribution in [2.45, 2.75) is 0 Å². The smallest absolute Gasteiger partial charge is 0 e. The summed E-state index contributed by atoms with van der Waals surface area (Å²) in [5, 5.41) is 0. The minimum absolute atomic E-state index is 0. The first-order valence-corrected chi connectivity index (χ1v) is 0. The van der Waals surface area contributed by atoms with E-state index >= 15 is 0 Å². The first-order chi connectivity index (χ1) is 0. The first kappa shape index (κ1) is 59.1. The van der Waals surface area contributed by atoms with Crippen LogP contribution in [0.25, 0.3) is 0 Å². The van der Waals surface area contributed by atoms with E-state index in [1.807, 2.05) is 0 Å². The second kappa shape index (κ2) is 35.6. The molecule has 0 aromatic heterocycles. The summed E-state index contributed by atoms with van der Waals surface area (Å²) in [5.41, 5.74) is 0. The molecule has 0 bridgehead atoms. The Morgan fingerprint density at radius 1 is 0.400 bits per heavy atom. The quantitative estimate of drug-likeness (QED) is 0.356. The first-order valence-electron chi connectivity index (χ1n) is 0. The third kappa shape index (κ3) is 23.1. The van der Waals surface area contributed by atoms with Crippen LogP contribution in [0.15, 0.2) is 0 Å². The van der Waals surface area contributed by atoms with Crippen molar-refractivity contribution in [2.75, 3.05) is 0 Å². The minimum Gasteiger partial charge on any atom is 0 e. The largest absolute Gasteiger partial charge is 0 e. The van der Waals surface area contributed by atoms with E-state index in [9.17, 15) is 0 Å². The van der Waals surface area contributed by atoms with Crippen LogP contribution in [0.1, 0.15) is 0 Å². The maximum Gasteiger partial charge on any atom is 0 e. The molecule has 0 aliphatic rings. The summed E-state index contributed by atoms with van der Waals surface area (Å²) in [6.07, 6.45) is 0. The standard InChI is InChI=1S/Ca.4Si. The predicted octanol–water partition coefficient (Wildman–Crippen LogP) is -1.90. The van der Waals surface area contributed by atoms with Crippen LogP contribution in [0.5, 0.6) is 0 Å². The molecule has 0 heterocycles. The summed E-state index contributed by atoms with van der Waals surface area (Å²) in [4.78, 5) is 0. The number of rotatable bonds is 0. The predicted molar refractivity (Wildman–Crippen MR) is 28.8 cm³/mol. The van der Waals surface area contributed by atoms with E-state index in [0.717, 1.165) is 0 Å². The van der Waals surface area contributed by atoms with E-state index in [0.29, 0.717) is 0 Å². The third-order valence-corrected chi connectivity index (χ3v) is 0. The van der Waals surface area contributed by atoms with Gasteiger partial charge in [-0.2, -0.15) is 0 Å². The Hall–Kier alpha value is 2.13. The zero-order chi connectivity index (χ0) is 0. The van der Waals surface area contributed by atoms with E-state index in [1.54, 1.807) is 0 Å². The maximum atomic E-state index is 0. The Morgan fingerprint density at radius 2 is 0.400 bits per heavy atom. The molecule has 0 saturated carbocycles. The summed E-state index contributed by atoms with van der Waals surface area (Å²) in [6.45, 7) is 0. The Bertz CT molecular complexity index is 3.61. The van der Waals surface area contributed by atoms with Gasteiger partial charge in [0.25, 0.3) is 0 Å². The average molecular weight is 152 g/mol. The topological polar surface area (TPSA) is 0 Å². The van der Waals surface area contributed by atoms with Crippen LogP contribution in [0.4, 0.5) is 0 Å². The van der Waals surface area contributed by atoms with Gasteiger partial charge in [0, 0.05) is 81.6 Å². The van der Waals surface area contributed by atoms with Gasteiger partial charge >= 0.3 is 0 Å². The molecule has 0 amide bonds. The van der Waals surface area contributed by atoms with Crippen molar-refractivity contribution in [1.29, 1.82) is 0 Å². The van der Waals surface area contributed by atoms with Crippen molar-refractivity contribution in [1.82, 2.24) is 0 Å². The molecule has 0 unspecified atom stereocenters. The summed E-state index contributed by atoms with van der Waals surface area (Å²) < 4.78 is 0. The second-order valence-corrected chi connectivity index (χ2v) is 0. The summed E-state index contributed by atoms with van der Waals surface area (Å²) in [6, 6.07) is 0. The molecule has 0 atom stereocenters. The molecule has 0 aliphatic heterocycles. The van der Waals surface area contributed by atoms with Crippen LogP contribution >= 0.6 is 0 Å². The molecule has 0 spiro atoms. The van der Waals surface area contributed by atoms with E-state index < -0.39 is 0 Å². The van der Waals surface area contributed by atoms with Crippen molar-refractivity contribution in [3.63, 3.8) is 0 Å². The third-order valence-electron chi connectivity index (χ3n) is 0. The van der Waals surface area contributed by atoms with Gasteiger partial charge < -0.3 is 0 Å². The zero-order valence-corrected chi connectivity index (χ0v) is 8.92. The molecule has 5 heavy (non-hydrogen) atoms. The van der Waals surface area contributed by atoms with E-state index in [1.165, 1.54) is 0 Å². The molecular weight excluding hydrogens is 152 g/mol. The van der Waals surface area contributed by atoms with Gasteiger partial charge in [0.05, 0.1) is 0 Å². The van der Waals surface area contributed by atoms with Gasteiger partial charge in [-0.1, -0.05) is 0 Å². The second-order valence-electron chi connectivity index (χ2n) is 0. The maximum absolute atomic E-state index is 0. The molecule has 0 nitrogen and oxygen atoms in total. The summed E-state index contributed by atoms with van der Waals surface area (Å²) >= 11 is 0. The Kier molecular flexibility index (Phi) is 421. The van der Waals surface area contributed by atoms with Crippen molar-refractivity contribution >= 4 is 81.6 Å². The molecule has 5 heteroatoms.